The Labute approximate surface area is 125 Å². The van der Waals surface area contributed by atoms with Gasteiger partial charge in [-0.2, -0.15) is 0 Å². The molecule has 0 aliphatic rings. The molecule has 1 atom stereocenters. The largest absolute Gasteiger partial charge is 0.477 e. The summed E-state index contributed by atoms with van der Waals surface area (Å²) in [6.07, 6.45) is 0.452. The van der Waals surface area contributed by atoms with Gasteiger partial charge in [-0.25, -0.2) is 4.79 Å². The van der Waals surface area contributed by atoms with Gasteiger partial charge in [-0.1, -0.05) is 23.7 Å². The molecule has 0 spiro atoms. The summed E-state index contributed by atoms with van der Waals surface area (Å²) in [4.78, 5) is 24.8. The predicted octanol–water partition coefficient (Wildman–Crippen LogP) is 1.87. The Morgan fingerprint density at radius 1 is 1.38 bits per heavy atom. The van der Waals surface area contributed by atoms with Gasteiger partial charge in [0.05, 0.1) is 11.8 Å². The lowest BCUT2D eigenvalue weighted by Gasteiger charge is -2.14. The van der Waals surface area contributed by atoms with Crippen molar-refractivity contribution in [2.45, 2.75) is 6.10 Å². The first-order valence-electron chi connectivity index (χ1n) is 6.11. The molecule has 0 saturated carbocycles. The van der Waals surface area contributed by atoms with Crippen molar-refractivity contribution in [2.24, 2.45) is 0 Å². The summed E-state index contributed by atoms with van der Waals surface area (Å²) >= 11 is 5.84. The van der Waals surface area contributed by atoms with Gasteiger partial charge in [0, 0.05) is 17.8 Å². The maximum Gasteiger partial charge on any atom is 0.343 e. The fourth-order valence-corrected chi connectivity index (χ4v) is 2.08. The molecular formula is C14H13ClN2O4. The lowest BCUT2D eigenvalue weighted by atomic mass is 10.1. The highest BCUT2D eigenvalue weighted by Gasteiger charge is 2.15. The third-order valence-corrected chi connectivity index (χ3v) is 3.13. The lowest BCUT2D eigenvalue weighted by Crippen LogP contribution is -2.21. The molecule has 1 aromatic heterocycles. The Hall–Kier alpha value is -2.31. The van der Waals surface area contributed by atoms with Crippen molar-refractivity contribution in [1.82, 2.24) is 4.98 Å². The number of H-pyrrole nitrogens is 1. The normalized spacial score (nSPS) is 11.9. The molecule has 6 nitrogen and oxygen atoms in total. The molecule has 110 valence electrons. The topological polar surface area (TPSA) is 102 Å². The van der Waals surface area contributed by atoms with Crippen LogP contribution >= 0.6 is 11.6 Å². The van der Waals surface area contributed by atoms with E-state index in [1.54, 1.807) is 24.3 Å². The van der Waals surface area contributed by atoms with E-state index in [2.05, 4.69) is 10.3 Å². The van der Waals surface area contributed by atoms with Gasteiger partial charge in [-0.3, -0.25) is 4.79 Å². The molecule has 21 heavy (non-hydrogen) atoms. The number of hydrogen-bond acceptors (Lipinski definition) is 4. The smallest absolute Gasteiger partial charge is 0.343 e. The number of carbonyl (C=O) groups is 1. The molecule has 0 amide bonds. The highest BCUT2D eigenvalue weighted by molar-refractivity contribution is 6.30. The van der Waals surface area contributed by atoms with Crippen LogP contribution in [-0.2, 0) is 0 Å². The van der Waals surface area contributed by atoms with Crippen LogP contribution in [0.15, 0.2) is 41.3 Å². The van der Waals surface area contributed by atoms with Gasteiger partial charge < -0.3 is 20.5 Å². The van der Waals surface area contributed by atoms with Gasteiger partial charge in [-0.05, 0) is 23.8 Å². The first-order chi connectivity index (χ1) is 9.99. The molecule has 0 bridgehead atoms. The fraction of sp³-hybridized carbons (Fsp3) is 0.143. The van der Waals surface area contributed by atoms with Gasteiger partial charge in [0.25, 0.3) is 5.56 Å². The van der Waals surface area contributed by atoms with E-state index < -0.39 is 23.2 Å². The Morgan fingerprint density at radius 3 is 2.81 bits per heavy atom. The molecule has 0 aliphatic carbocycles. The van der Waals surface area contributed by atoms with Gasteiger partial charge in [0.15, 0.2) is 0 Å². The van der Waals surface area contributed by atoms with Crippen molar-refractivity contribution in [1.29, 1.82) is 0 Å². The second-order valence-corrected chi connectivity index (χ2v) is 4.79. The molecular weight excluding hydrogens is 296 g/mol. The molecule has 0 fully saturated rings. The molecule has 0 unspecified atom stereocenters. The van der Waals surface area contributed by atoms with Crippen molar-refractivity contribution >= 4 is 23.3 Å². The summed E-state index contributed by atoms with van der Waals surface area (Å²) in [5.41, 5.74) is -0.357. The van der Waals surface area contributed by atoms with E-state index in [1.807, 2.05) is 0 Å². The number of carboxylic acid groups (broad SMARTS) is 1. The average molecular weight is 309 g/mol. The predicted molar refractivity (Wildman–Crippen MR) is 78.9 cm³/mol. The third-order valence-electron chi connectivity index (χ3n) is 2.89. The number of aromatic nitrogens is 1. The number of anilines is 1. The molecule has 1 aromatic carbocycles. The molecule has 2 aromatic rings. The number of benzene rings is 1. The van der Waals surface area contributed by atoms with Crippen molar-refractivity contribution in [3.05, 3.63) is 63.0 Å². The zero-order valence-corrected chi connectivity index (χ0v) is 11.6. The van der Waals surface area contributed by atoms with Crippen LogP contribution in [0.2, 0.25) is 5.02 Å². The number of pyridine rings is 1. The van der Waals surface area contributed by atoms with Crippen LogP contribution < -0.4 is 10.9 Å². The summed E-state index contributed by atoms with van der Waals surface area (Å²) in [7, 11) is 0. The lowest BCUT2D eigenvalue weighted by molar-refractivity contribution is 0.0696. The Morgan fingerprint density at radius 2 is 2.14 bits per heavy atom. The Bertz CT molecular complexity index is 714. The molecule has 0 radical (unpaired) electrons. The van der Waals surface area contributed by atoms with Crippen LogP contribution in [0.3, 0.4) is 0 Å². The summed E-state index contributed by atoms with van der Waals surface area (Å²) in [5.74, 6) is -1.34. The third kappa shape index (κ3) is 3.62. The van der Waals surface area contributed by atoms with Crippen LogP contribution in [0, 0.1) is 0 Å². The maximum atomic E-state index is 11.5. The van der Waals surface area contributed by atoms with E-state index >= 15 is 0 Å². The van der Waals surface area contributed by atoms with Crippen LogP contribution in [-0.4, -0.2) is 27.7 Å². The number of nitrogens with one attached hydrogen (secondary N) is 2. The monoisotopic (exact) mass is 308 g/mol. The van der Waals surface area contributed by atoms with E-state index in [0.717, 1.165) is 0 Å². The van der Waals surface area contributed by atoms with Gasteiger partial charge >= 0.3 is 5.97 Å². The summed E-state index contributed by atoms with van der Waals surface area (Å²) in [6.45, 7) is 0.0457. The molecule has 0 aliphatic heterocycles. The Balaban J connectivity index is 2.15. The first kappa shape index (κ1) is 15.1. The van der Waals surface area contributed by atoms with Crippen molar-refractivity contribution in [2.75, 3.05) is 11.9 Å². The highest BCUT2D eigenvalue weighted by Crippen LogP contribution is 2.19. The minimum absolute atomic E-state index is 0.0457. The number of aliphatic hydroxyl groups is 1. The highest BCUT2D eigenvalue weighted by atomic mass is 35.5. The van der Waals surface area contributed by atoms with Gasteiger partial charge in [0.2, 0.25) is 0 Å². The second-order valence-electron chi connectivity index (χ2n) is 4.35. The minimum atomic E-state index is -1.34. The zero-order valence-electron chi connectivity index (χ0n) is 10.8. The van der Waals surface area contributed by atoms with Crippen LogP contribution in [0.4, 0.5) is 5.69 Å². The number of aliphatic hydroxyl groups excluding tert-OH is 1. The van der Waals surface area contributed by atoms with Crippen molar-refractivity contribution in [3.8, 4) is 0 Å². The van der Waals surface area contributed by atoms with E-state index in [9.17, 15) is 14.7 Å². The first-order valence-corrected chi connectivity index (χ1v) is 6.49. The summed E-state index contributed by atoms with van der Waals surface area (Å²) in [5, 5.41) is 22.3. The van der Waals surface area contributed by atoms with Gasteiger partial charge in [-0.15, -0.1) is 0 Å². The summed E-state index contributed by atoms with van der Waals surface area (Å²) < 4.78 is 0. The standard InChI is InChI=1S/C14H13ClN2O4/c15-9-3-1-2-8(6-9)11(18)7-17-10-4-5-16-13(19)12(10)14(20)21/h1-6,11,18H,7H2,(H,20,21)(H2,16,17,19)/t11-/m1/s1. The fourth-order valence-electron chi connectivity index (χ4n) is 1.88. The molecule has 7 heteroatoms. The summed E-state index contributed by atoms with van der Waals surface area (Å²) in [6, 6.07) is 8.13. The number of halogens is 1. The zero-order chi connectivity index (χ0) is 15.4. The minimum Gasteiger partial charge on any atom is -0.477 e. The molecule has 4 N–H and O–H groups in total. The van der Waals surface area contributed by atoms with E-state index in [-0.39, 0.29) is 12.2 Å². The maximum absolute atomic E-state index is 11.5. The van der Waals surface area contributed by atoms with Crippen molar-refractivity contribution in [3.63, 3.8) is 0 Å². The second kappa shape index (κ2) is 6.43. The number of rotatable bonds is 5. The van der Waals surface area contributed by atoms with E-state index in [1.165, 1.54) is 12.3 Å². The number of hydrogen-bond donors (Lipinski definition) is 4. The molecule has 2 rings (SSSR count). The quantitative estimate of drug-likeness (QED) is 0.675. The Kier molecular flexibility index (Phi) is 4.62. The van der Waals surface area contributed by atoms with Gasteiger partial charge in [0.1, 0.15) is 5.56 Å². The number of aromatic amines is 1. The van der Waals surface area contributed by atoms with Crippen LogP contribution in [0.1, 0.15) is 22.0 Å². The van der Waals surface area contributed by atoms with Crippen LogP contribution in [0.5, 0.6) is 0 Å². The SMILES string of the molecule is O=C(O)c1c(NC[C@@H](O)c2cccc(Cl)c2)cc[nH]c1=O. The molecule has 1 heterocycles. The molecule has 0 saturated heterocycles. The van der Waals surface area contributed by atoms with Crippen molar-refractivity contribution < 1.29 is 15.0 Å². The van der Waals surface area contributed by atoms with E-state index in [4.69, 9.17) is 16.7 Å². The number of aromatic carboxylic acids is 1. The van der Waals surface area contributed by atoms with E-state index in [0.29, 0.717) is 10.6 Å². The number of carboxylic acids is 1. The average Bonchev–Trinajstić information content (AvgIpc) is 2.44. The van der Waals surface area contributed by atoms with Crippen LogP contribution in [0.25, 0.3) is 0 Å².